The fourth-order valence-corrected chi connectivity index (χ4v) is 2.79. The van der Waals surface area contributed by atoms with Crippen molar-refractivity contribution in [3.63, 3.8) is 0 Å². The Morgan fingerprint density at radius 2 is 2.53 bits per heavy atom. The zero-order valence-corrected chi connectivity index (χ0v) is 11.6. The molecular weight excluding hydrogens is 262 g/mol. The van der Waals surface area contributed by atoms with E-state index in [2.05, 4.69) is 17.2 Å². The van der Waals surface area contributed by atoms with Crippen LogP contribution in [0.5, 0.6) is 0 Å². The van der Waals surface area contributed by atoms with Gasteiger partial charge >= 0.3 is 0 Å². The predicted octanol–water partition coefficient (Wildman–Crippen LogP) is 1.13. The number of carbonyl (C=O) groups excluding carboxylic acids is 1. The molecular formula is C14H17NO3S. The minimum absolute atomic E-state index is 0.0560. The van der Waals surface area contributed by atoms with E-state index in [9.17, 15) is 4.79 Å². The Balaban J connectivity index is 1.92. The van der Waals surface area contributed by atoms with Crippen molar-refractivity contribution in [1.82, 2.24) is 5.32 Å². The molecule has 2 unspecified atom stereocenters. The molecule has 2 atom stereocenters. The number of thiophene rings is 1. The lowest BCUT2D eigenvalue weighted by molar-refractivity contribution is -0.131. The topological polar surface area (TPSA) is 58.6 Å². The van der Waals surface area contributed by atoms with Crippen LogP contribution in [0.1, 0.15) is 23.8 Å². The first-order chi connectivity index (χ1) is 9.22. The number of rotatable bonds is 3. The third-order valence-electron chi connectivity index (χ3n) is 3.12. The summed E-state index contributed by atoms with van der Waals surface area (Å²) in [6.45, 7) is 2.99. The van der Waals surface area contributed by atoms with E-state index in [0.29, 0.717) is 13.2 Å². The van der Waals surface area contributed by atoms with Crippen molar-refractivity contribution in [2.45, 2.75) is 26.0 Å². The van der Waals surface area contributed by atoms with E-state index in [0.717, 1.165) is 16.9 Å². The van der Waals surface area contributed by atoms with Crippen LogP contribution in [0.2, 0.25) is 0 Å². The van der Waals surface area contributed by atoms with Crippen LogP contribution in [-0.4, -0.2) is 30.3 Å². The van der Waals surface area contributed by atoms with Gasteiger partial charge in [-0.05, 0) is 23.8 Å². The smallest absolute Gasteiger partial charge is 0.249 e. The summed E-state index contributed by atoms with van der Waals surface area (Å²) in [4.78, 5) is 13.0. The molecule has 1 saturated heterocycles. The first kappa shape index (κ1) is 14.1. The van der Waals surface area contributed by atoms with Gasteiger partial charge in [-0.1, -0.05) is 18.8 Å². The highest BCUT2D eigenvalue weighted by Crippen LogP contribution is 2.21. The summed E-state index contributed by atoms with van der Waals surface area (Å²) in [5.74, 6) is 5.71. The van der Waals surface area contributed by atoms with Crippen molar-refractivity contribution in [3.8, 4) is 11.8 Å². The van der Waals surface area contributed by atoms with E-state index in [1.54, 1.807) is 11.3 Å². The molecule has 1 aromatic rings. The first-order valence-electron chi connectivity index (χ1n) is 6.27. The molecule has 102 valence electrons. The molecule has 0 saturated carbocycles. The van der Waals surface area contributed by atoms with Crippen LogP contribution in [0.15, 0.2) is 11.4 Å². The standard InChI is InChI=1S/C14H17NO3S/c1-10-4-7-18-13(10)14(17)15-9-12-11(3-2-6-16)5-8-19-12/h5,8,10,13,16H,4,6-7,9H2,1H3,(H,15,17). The summed E-state index contributed by atoms with van der Waals surface area (Å²) >= 11 is 1.55. The number of hydrogen-bond donors (Lipinski definition) is 2. The van der Waals surface area contributed by atoms with Crippen molar-refractivity contribution in [2.24, 2.45) is 5.92 Å². The molecule has 0 aromatic carbocycles. The monoisotopic (exact) mass is 279 g/mol. The first-order valence-corrected chi connectivity index (χ1v) is 7.15. The second-order valence-electron chi connectivity index (χ2n) is 4.49. The minimum Gasteiger partial charge on any atom is -0.384 e. The Morgan fingerprint density at radius 3 is 3.21 bits per heavy atom. The Hall–Kier alpha value is -1.35. The lowest BCUT2D eigenvalue weighted by Gasteiger charge is -2.14. The van der Waals surface area contributed by atoms with Gasteiger partial charge in [-0.25, -0.2) is 0 Å². The van der Waals surface area contributed by atoms with Gasteiger partial charge in [0.2, 0.25) is 5.91 Å². The van der Waals surface area contributed by atoms with Gasteiger partial charge < -0.3 is 15.2 Å². The van der Waals surface area contributed by atoms with E-state index in [4.69, 9.17) is 9.84 Å². The molecule has 1 amide bonds. The van der Waals surface area contributed by atoms with Gasteiger partial charge in [-0.15, -0.1) is 11.3 Å². The maximum absolute atomic E-state index is 12.0. The molecule has 1 aliphatic heterocycles. The number of hydrogen-bond acceptors (Lipinski definition) is 4. The second kappa shape index (κ2) is 6.71. The van der Waals surface area contributed by atoms with Gasteiger partial charge in [0, 0.05) is 17.0 Å². The van der Waals surface area contributed by atoms with Gasteiger partial charge in [0.15, 0.2) is 0 Å². The number of carbonyl (C=O) groups is 1. The summed E-state index contributed by atoms with van der Waals surface area (Å²) in [6, 6.07) is 1.89. The molecule has 2 N–H and O–H groups in total. The molecule has 2 rings (SSSR count). The fourth-order valence-electron chi connectivity index (χ4n) is 2.02. The third-order valence-corrected chi connectivity index (χ3v) is 4.04. The molecule has 1 aliphatic rings. The number of aliphatic hydroxyl groups excluding tert-OH is 1. The zero-order chi connectivity index (χ0) is 13.7. The summed E-state index contributed by atoms with van der Waals surface area (Å²) in [5, 5.41) is 13.5. The number of amides is 1. The number of ether oxygens (including phenoxy) is 1. The van der Waals surface area contributed by atoms with E-state index in [1.807, 2.05) is 18.4 Å². The van der Waals surface area contributed by atoms with E-state index >= 15 is 0 Å². The minimum atomic E-state index is -0.327. The van der Waals surface area contributed by atoms with Crippen molar-refractivity contribution >= 4 is 17.2 Å². The molecule has 5 heteroatoms. The highest BCUT2D eigenvalue weighted by molar-refractivity contribution is 7.10. The zero-order valence-electron chi connectivity index (χ0n) is 10.8. The SMILES string of the molecule is CC1CCOC1C(=O)NCc1sccc1C#CCO. The molecule has 4 nitrogen and oxygen atoms in total. The maximum atomic E-state index is 12.0. The van der Waals surface area contributed by atoms with Gasteiger partial charge in [-0.2, -0.15) is 0 Å². The van der Waals surface area contributed by atoms with Crippen LogP contribution < -0.4 is 5.32 Å². The van der Waals surface area contributed by atoms with Crippen molar-refractivity contribution in [2.75, 3.05) is 13.2 Å². The number of aliphatic hydroxyl groups is 1. The van der Waals surface area contributed by atoms with Crippen molar-refractivity contribution < 1.29 is 14.6 Å². The Bertz CT molecular complexity index is 500. The lowest BCUT2D eigenvalue weighted by atomic mass is 10.0. The van der Waals surface area contributed by atoms with Crippen LogP contribution in [0.3, 0.4) is 0 Å². The quantitative estimate of drug-likeness (QED) is 0.816. The van der Waals surface area contributed by atoms with Crippen LogP contribution in [-0.2, 0) is 16.1 Å². The highest BCUT2D eigenvalue weighted by atomic mass is 32.1. The summed E-state index contributed by atoms with van der Waals surface area (Å²) < 4.78 is 5.42. The third kappa shape index (κ3) is 3.57. The normalized spacial score (nSPS) is 21.8. The summed E-state index contributed by atoms with van der Waals surface area (Å²) in [6.07, 6.45) is 0.608. The summed E-state index contributed by atoms with van der Waals surface area (Å²) in [5.41, 5.74) is 0.861. The second-order valence-corrected chi connectivity index (χ2v) is 5.49. The molecule has 1 fully saturated rings. The van der Waals surface area contributed by atoms with Crippen LogP contribution in [0, 0.1) is 17.8 Å². The largest absolute Gasteiger partial charge is 0.384 e. The van der Waals surface area contributed by atoms with E-state index < -0.39 is 0 Å². The van der Waals surface area contributed by atoms with Crippen LogP contribution in [0.4, 0.5) is 0 Å². The van der Waals surface area contributed by atoms with Gasteiger partial charge in [0.05, 0.1) is 6.54 Å². The Morgan fingerprint density at radius 1 is 1.68 bits per heavy atom. The maximum Gasteiger partial charge on any atom is 0.249 e. The van der Waals surface area contributed by atoms with E-state index in [1.165, 1.54) is 0 Å². The van der Waals surface area contributed by atoms with Crippen molar-refractivity contribution in [1.29, 1.82) is 0 Å². The molecule has 0 spiro atoms. The van der Waals surface area contributed by atoms with E-state index in [-0.39, 0.29) is 24.5 Å². The van der Waals surface area contributed by atoms with Gasteiger partial charge in [-0.3, -0.25) is 4.79 Å². The number of nitrogens with one attached hydrogen (secondary N) is 1. The predicted molar refractivity (Wildman–Crippen MR) is 73.7 cm³/mol. The van der Waals surface area contributed by atoms with Crippen LogP contribution >= 0.6 is 11.3 Å². The lowest BCUT2D eigenvalue weighted by Crippen LogP contribution is -2.36. The molecule has 2 heterocycles. The summed E-state index contributed by atoms with van der Waals surface area (Å²) in [7, 11) is 0. The fraction of sp³-hybridized carbons (Fsp3) is 0.500. The average Bonchev–Trinajstić information content (AvgIpc) is 3.02. The Kier molecular flexibility index (Phi) is 4.97. The molecule has 0 bridgehead atoms. The molecule has 0 aliphatic carbocycles. The van der Waals surface area contributed by atoms with Crippen LogP contribution in [0.25, 0.3) is 0 Å². The highest BCUT2D eigenvalue weighted by Gasteiger charge is 2.30. The Labute approximate surface area is 116 Å². The van der Waals surface area contributed by atoms with Gasteiger partial charge in [0.25, 0.3) is 0 Å². The van der Waals surface area contributed by atoms with Gasteiger partial charge in [0.1, 0.15) is 12.7 Å². The molecule has 19 heavy (non-hydrogen) atoms. The molecule has 0 radical (unpaired) electrons. The van der Waals surface area contributed by atoms with Crippen molar-refractivity contribution in [3.05, 3.63) is 21.9 Å². The average molecular weight is 279 g/mol. The molecule has 1 aromatic heterocycles.